The Kier molecular flexibility index (Phi) is 54.7. The third-order valence-corrected chi connectivity index (χ3v) is 0.935. The van der Waals surface area contributed by atoms with Crippen LogP contribution in [0.4, 0.5) is 0 Å². The molecule has 0 bridgehead atoms. The Labute approximate surface area is 139 Å². The van der Waals surface area contributed by atoms with Crippen molar-refractivity contribution in [3.05, 3.63) is 12.2 Å². The fourth-order valence-electron chi connectivity index (χ4n) is 0.275. The van der Waals surface area contributed by atoms with Crippen LogP contribution < -0.4 is 6.15 Å². The summed E-state index contributed by atoms with van der Waals surface area (Å²) >= 11 is 0. The normalized spacial score (nSPS) is 6.71. The molecule has 0 heterocycles. The number of hydrogen-bond donors (Lipinski definition) is 1. The summed E-state index contributed by atoms with van der Waals surface area (Å²) in [5, 5.41) is 0. The van der Waals surface area contributed by atoms with E-state index in [-0.39, 0.29) is 63.1 Å². The molecule has 0 saturated heterocycles. The van der Waals surface area contributed by atoms with Gasteiger partial charge in [-0.05, 0) is 34.2 Å². The standard InChI is InChI=1S/C6H11O2P.C3H9N.3BrH.H3N/c1-5(2)6(7)8-3-4-9;1-4(2)3;;;;/h1,3-4,9H2,2H3;1-3H3;3*1H;1H3. The first-order chi connectivity index (χ1) is 5.91. The Morgan fingerprint density at radius 3 is 1.71 bits per heavy atom. The van der Waals surface area contributed by atoms with Crippen molar-refractivity contribution in [2.24, 2.45) is 0 Å². The summed E-state index contributed by atoms with van der Waals surface area (Å²) in [6.45, 7) is 5.51. The fraction of sp³-hybridized carbons (Fsp3) is 0.667. The van der Waals surface area contributed by atoms with Crippen LogP contribution in [0.15, 0.2) is 12.2 Å². The molecule has 0 fully saturated rings. The monoisotopic (exact) mass is 462 g/mol. The smallest absolute Gasteiger partial charge is 0.333 e. The summed E-state index contributed by atoms with van der Waals surface area (Å²) in [7, 11) is 8.47. The molecule has 3 N–H and O–H groups in total. The van der Waals surface area contributed by atoms with Crippen LogP contribution in [0.3, 0.4) is 0 Å². The van der Waals surface area contributed by atoms with Crippen molar-refractivity contribution < 1.29 is 9.53 Å². The van der Waals surface area contributed by atoms with Gasteiger partial charge in [-0.3, -0.25) is 0 Å². The van der Waals surface area contributed by atoms with Crippen molar-refractivity contribution in [3.8, 4) is 0 Å². The molecule has 0 saturated carbocycles. The molecule has 0 aliphatic rings. The number of carbonyl (C=O) groups excluding carboxylic acids is 1. The van der Waals surface area contributed by atoms with Crippen molar-refractivity contribution in [3.63, 3.8) is 0 Å². The van der Waals surface area contributed by atoms with Crippen LogP contribution in [-0.4, -0.2) is 44.8 Å². The van der Waals surface area contributed by atoms with Gasteiger partial charge in [0.25, 0.3) is 0 Å². The van der Waals surface area contributed by atoms with E-state index in [4.69, 9.17) is 4.74 Å². The molecule has 1 atom stereocenters. The second-order valence-corrected chi connectivity index (χ2v) is 3.62. The molecule has 8 heteroatoms. The molecule has 0 aromatic carbocycles. The molecule has 0 aliphatic heterocycles. The van der Waals surface area contributed by atoms with Crippen molar-refractivity contribution in [2.45, 2.75) is 6.92 Å². The maximum Gasteiger partial charge on any atom is 0.333 e. The summed E-state index contributed by atoms with van der Waals surface area (Å²) in [5.74, 6) is -0.308. The van der Waals surface area contributed by atoms with Crippen LogP contribution in [0, 0.1) is 0 Å². The second-order valence-electron chi connectivity index (χ2n) is 3.05. The summed E-state index contributed by atoms with van der Waals surface area (Å²) < 4.78 is 4.69. The van der Waals surface area contributed by atoms with E-state index in [9.17, 15) is 4.79 Å². The van der Waals surface area contributed by atoms with Crippen molar-refractivity contribution in [1.82, 2.24) is 11.1 Å². The van der Waals surface area contributed by atoms with Gasteiger partial charge < -0.3 is 15.8 Å². The Bertz CT molecular complexity index is 170. The number of carbonyl (C=O) groups is 1. The Balaban J connectivity index is -0.0000000338. The summed E-state index contributed by atoms with van der Waals surface area (Å²) in [4.78, 5) is 12.6. The third-order valence-electron chi connectivity index (χ3n) is 0.699. The van der Waals surface area contributed by atoms with Crippen molar-refractivity contribution in [2.75, 3.05) is 33.9 Å². The second kappa shape index (κ2) is 25.8. The first-order valence-corrected chi connectivity index (χ1v) is 4.87. The molecule has 0 rings (SSSR count). The van der Waals surface area contributed by atoms with E-state index in [0.29, 0.717) is 12.2 Å². The molecular weight excluding hydrogens is 439 g/mol. The van der Waals surface area contributed by atoms with E-state index < -0.39 is 0 Å². The highest BCUT2D eigenvalue weighted by atomic mass is 79.9. The summed E-state index contributed by atoms with van der Waals surface area (Å²) in [6.07, 6.45) is 0.777. The molecule has 0 aromatic rings. The van der Waals surface area contributed by atoms with Gasteiger partial charge in [-0.1, -0.05) is 6.58 Å². The molecule has 0 aliphatic carbocycles. The van der Waals surface area contributed by atoms with Gasteiger partial charge in [0, 0.05) is 5.57 Å². The van der Waals surface area contributed by atoms with Crippen LogP contribution in [0.25, 0.3) is 0 Å². The van der Waals surface area contributed by atoms with E-state index in [1.165, 1.54) is 0 Å². The predicted molar refractivity (Wildman–Crippen MR) is 95.9 cm³/mol. The number of rotatable bonds is 3. The van der Waals surface area contributed by atoms with Gasteiger partial charge in [0.2, 0.25) is 0 Å². The van der Waals surface area contributed by atoms with E-state index in [1.54, 1.807) is 6.92 Å². The lowest BCUT2D eigenvalue weighted by molar-refractivity contribution is -0.138. The minimum absolute atomic E-state index is 0. The van der Waals surface area contributed by atoms with Crippen molar-refractivity contribution >= 4 is 66.2 Å². The SMILES string of the molecule is Br.Br.Br.C=C(C)C(=O)OCCP.CN(C)C.N. The quantitative estimate of drug-likeness (QED) is 0.396. The molecular formula is C9H26Br3N2O2P. The van der Waals surface area contributed by atoms with Crippen LogP contribution in [-0.2, 0) is 9.53 Å². The minimum Gasteiger partial charge on any atom is -0.462 e. The minimum atomic E-state index is -0.308. The van der Waals surface area contributed by atoms with Crippen molar-refractivity contribution in [1.29, 1.82) is 0 Å². The third kappa shape index (κ3) is 47.2. The largest absolute Gasteiger partial charge is 0.462 e. The molecule has 0 amide bonds. The number of ether oxygens (including phenoxy) is 1. The lowest BCUT2D eigenvalue weighted by Gasteiger charge is -1.99. The zero-order valence-corrected chi connectivity index (χ0v) is 17.2. The number of esters is 1. The van der Waals surface area contributed by atoms with Crippen LogP contribution in [0.1, 0.15) is 6.92 Å². The van der Waals surface area contributed by atoms with Crippen LogP contribution in [0.5, 0.6) is 0 Å². The summed E-state index contributed by atoms with van der Waals surface area (Å²) in [5.41, 5.74) is 0.452. The highest BCUT2D eigenvalue weighted by Crippen LogP contribution is 1.92. The predicted octanol–water partition coefficient (Wildman–Crippen LogP) is 3.05. The molecule has 0 radical (unpaired) electrons. The van der Waals surface area contributed by atoms with E-state index in [2.05, 4.69) is 15.8 Å². The number of halogens is 3. The van der Waals surface area contributed by atoms with Gasteiger partial charge in [0.1, 0.15) is 0 Å². The molecule has 0 aromatic heterocycles. The average Bonchev–Trinajstić information content (AvgIpc) is 1.98. The first-order valence-electron chi connectivity index (χ1n) is 4.05. The highest BCUT2D eigenvalue weighted by molar-refractivity contribution is 8.93. The van der Waals surface area contributed by atoms with E-state index in [1.807, 2.05) is 26.0 Å². The molecule has 17 heavy (non-hydrogen) atoms. The summed E-state index contributed by atoms with van der Waals surface area (Å²) in [6, 6.07) is 0. The number of hydrogen-bond acceptors (Lipinski definition) is 4. The van der Waals surface area contributed by atoms with E-state index >= 15 is 0 Å². The van der Waals surface area contributed by atoms with Gasteiger partial charge >= 0.3 is 5.97 Å². The number of nitrogens with zero attached hydrogens (tertiary/aromatic N) is 1. The average molecular weight is 465 g/mol. The fourth-order valence-corrected chi connectivity index (χ4v) is 0.393. The molecule has 0 spiro atoms. The van der Waals surface area contributed by atoms with E-state index in [0.717, 1.165) is 6.16 Å². The molecule has 4 nitrogen and oxygen atoms in total. The van der Waals surface area contributed by atoms with Gasteiger partial charge in [0.15, 0.2) is 0 Å². The topological polar surface area (TPSA) is 64.5 Å². The lowest BCUT2D eigenvalue weighted by Crippen LogP contribution is -2.06. The first kappa shape index (κ1) is 36.1. The van der Waals surface area contributed by atoms with Gasteiger partial charge in [-0.15, -0.1) is 60.2 Å². The lowest BCUT2D eigenvalue weighted by atomic mass is 10.4. The van der Waals surface area contributed by atoms with Gasteiger partial charge in [-0.2, -0.15) is 0 Å². The van der Waals surface area contributed by atoms with Crippen LogP contribution in [0.2, 0.25) is 0 Å². The maximum atomic E-state index is 10.6. The molecule has 1 unspecified atom stereocenters. The van der Waals surface area contributed by atoms with Gasteiger partial charge in [0.05, 0.1) is 6.61 Å². The Morgan fingerprint density at radius 2 is 1.53 bits per heavy atom. The zero-order chi connectivity index (χ0) is 10.9. The van der Waals surface area contributed by atoms with Gasteiger partial charge in [-0.25, -0.2) is 4.79 Å². The zero-order valence-electron chi connectivity index (χ0n) is 10.9. The Hall–Kier alpha value is 1.00. The highest BCUT2D eigenvalue weighted by Gasteiger charge is 1.99. The van der Waals surface area contributed by atoms with Crippen LogP contribution >= 0.6 is 60.2 Å². The Morgan fingerprint density at radius 1 is 1.24 bits per heavy atom. The molecule has 110 valence electrons. The maximum absolute atomic E-state index is 10.6.